The molecule has 2 aliphatic rings. The van der Waals surface area contributed by atoms with Gasteiger partial charge in [0.05, 0.1) is 11.1 Å². The minimum absolute atomic E-state index is 0.00173. The molecule has 0 unspecified atom stereocenters. The number of hydrogen-bond acceptors (Lipinski definition) is 6. The van der Waals surface area contributed by atoms with Gasteiger partial charge in [-0.1, -0.05) is 31.5 Å². The third-order valence-corrected chi connectivity index (χ3v) is 7.67. The zero-order valence-corrected chi connectivity index (χ0v) is 18.2. The third-order valence-electron chi connectivity index (χ3n) is 5.51. The molecule has 3 amide bonds. The molecule has 2 aromatic heterocycles. The molecular formula is C20H26N4O3S2. The highest BCUT2D eigenvalue weighted by atomic mass is 32.2. The van der Waals surface area contributed by atoms with Crippen LogP contribution in [0, 0.1) is 0 Å². The largest absolute Gasteiger partial charge is 0.335 e. The van der Waals surface area contributed by atoms with Gasteiger partial charge in [0.1, 0.15) is 4.83 Å². The number of carbonyl (C=O) groups is 2. The number of imide groups is 1. The van der Waals surface area contributed by atoms with Crippen molar-refractivity contribution in [1.29, 1.82) is 0 Å². The van der Waals surface area contributed by atoms with Gasteiger partial charge in [0.15, 0.2) is 5.16 Å². The van der Waals surface area contributed by atoms with E-state index in [0.717, 1.165) is 61.6 Å². The highest BCUT2D eigenvalue weighted by Gasteiger charge is 2.24. The predicted octanol–water partition coefficient (Wildman–Crippen LogP) is 3.22. The minimum Gasteiger partial charge on any atom is -0.335 e. The van der Waals surface area contributed by atoms with Crippen LogP contribution in [0.1, 0.15) is 55.9 Å². The summed E-state index contributed by atoms with van der Waals surface area (Å²) in [5.41, 5.74) is 1.17. The summed E-state index contributed by atoms with van der Waals surface area (Å²) in [6.45, 7) is 2.59. The average molecular weight is 435 g/mol. The lowest BCUT2D eigenvalue weighted by molar-refractivity contribution is -0.117. The van der Waals surface area contributed by atoms with Gasteiger partial charge in [-0.15, -0.1) is 11.3 Å². The number of nitrogens with zero attached hydrogens (tertiary/aromatic N) is 2. The summed E-state index contributed by atoms with van der Waals surface area (Å²) >= 11 is 2.82. The summed E-state index contributed by atoms with van der Waals surface area (Å²) in [7, 11) is 0. The molecule has 0 radical (unpaired) electrons. The molecule has 0 aliphatic heterocycles. The first-order chi connectivity index (χ1) is 14.1. The Morgan fingerprint density at radius 1 is 1.24 bits per heavy atom. The lowest BCUT2D eigenvalue weighted by atomic mass is 10.2. The molecule has 0 bridgehead atoms. The number of carbonyl (C=O) groups excluding carboxylic acids is 2. The smallest absolute Gasteiger partial charge is 0.321 e. The molecule has 0 spiro atoms. The number of hydrogen-bond donors (Lipinski definition) is 2. The molecule has 9 heteroatoms. The molecule has 1 fully saturated rings. The fourth-order valence-electron chi connectivity index (χ4n) is 4.17. The zero-order valence-electron chi connectivity index (χ0n) is 16.6. The van der Waals surface area contributed by atoms with Crippen LogP contribution in [0.5, 0.6) is 0 Å². The van der Waals surface area contributed by atoms with Gasteiger partial charge in [-0.2, -0.15) is 0 Å². The molecule has 156 valence electrons. The minimum atomic E-state index is -0.438. The molecule has 2 heterocycles. The fraction of sp³-hybridized carbons (Fsp3) is 0.600. The van der Waals surface area contributed by atoms with Crippen molar-refractivity contribution in [2.24, 2.45) is 0 Å². The molecule has 7 nitrogen and oxygen atoms in total. The molecule has 29 heavy (non-hydrogen) atoms. The van der Waals surface area contributed by atoms with E-state index in [0.29, 0.717) is 11.7 Å². The van der Waals surface area contributed by atoms with Gasteiger partial charge in [-0.05, 0) is 44.1 Å². The number of urea groups is 1. The maximum atomic E-state index is 13.1. The zero-order chi connectivity index (χ0) is 20.4. The summed E-state index contributed by atoms with van der Waals surface area (Å²) < 4.78 is 1.68. The maximum absolute atomic E-state index is 13.1. The number of thiophene rings is 1. The topological polar surface area (TPSA) is 93.1 Å². The number of thioether (sulfide) groups is 1. The van der Waals surface area contributed by atoms with Gasteiger partial charge in [0.2, 0.25) is 5.91 Å². The number of rotatable bonds is 6. The van der Waals surface area contributed by atoms with Gasteiger partial charge in [0.25, 0.3) is 5.56 Å². The van der Waals surface area contributed by atoms with E-state index in [-0.39, 0.29) is 23.3 Å². The number of fused-ring (bicyclic) bond motifs is 3. The first kappa shape index (κ1) is 20.4. The van der Waals surface area contributed by atoms with Crippen molar-refractivity contribution in [3.63, 3.8) is 0 Å². The van der Waals surface area contributed by atoms with E-state index in [1.54, 1.807) is 15.9 Å². The van der Waals surface area contributed by atoms with Crippen molar-refractivity contribution >= 4 is 45.3 Å². The van der Waals surface area contributed by atoms with Crippen LogP contribution in [0.4, 0.5) is 4.79 Å². The second-order valence-corrected chi connectivity index (χ2v) is 9.71. The highest BCUT2D eigenvalue weighted by Crippen LogP contribution is 2.35. The summed E-state index contributed by atoms with van der Waals surface area (Å²) in [4.78, 5) is 44.1. The second kappa shape index (κ2) is 8.87. The van der Waals surface area contributed by atoms with Crippen molar-refractivity contribution < 1.29 is 9.59 Å². The maximum Gasteiger partial charge on any atom is 0.321 e. The van der Waals surface area contributed by atoms with Crippen molar-refractivity contribution in [2.45, 2.75) is 76.0 Å². The van der Waals surface area contributed by atoms with Gasteiger partial charge in [0, 0.05) is 17.5 Å². The number of aromatic nitrogens is 2. The molecule has 0 aromatic carbocycles. The molecular weight excluding hydrogens is 408 g/mol. The van der Waals surface area contributed by atoms with Crippen LogP contribution in [-0.2, 0) is 24.2 Å². The Hall–Kier alpha value is -1.87. The summed E-state index contributed by atoms with van der Waals surface area (Å²) in [6.07, 6.45) is 8.04. The van der Waals surface area contributed by atoms with Crippen molar-refractivity contribution in [3.8, 4) is 0 Å². The first-order valence-corrected chi connectivity index (χ1v) is 12.1. The third kappa shape index (κ3) is 4.35. The van der Waals surface area contributed by atoms with E-state index in [4.69, 9.17) is 4.98 Å². The van der Waals surface area contributed by atoms with E-state index >= 15 is 0 Å². The van der Waals surface area contributed by atoms with Crippen LogP contribution >= 0.6 is 23.1 Å². The lowest BCUT2D eigenvalue weighted by Crippen LogP contribution is -2.44. The lowest BCUT2D eigenvalue weighted by Gasteiger charge is -2.13. The molecule has 1 saturated carbocycles. The van der Waals surface area contributed by atoms with Crippen LogP contribution in [0.3, 0.4) is 0 Å². The SMILES string of the molecule is CCCn1c(SCC(=O)NC(=O)NC2CCCC2)nc2sc3c(c2c1=O)CCC3. The Balaban J connectivity index is 1.47. The summed E-state index contributed by atoms with van der Waals surface area (Å²) in [5.74, 6) is -0.332. The van der Waals surface area contributed by atoms with Gasteiger partial charge in [-0.25, -0.2) is 9.78 Å². The highest BCUT2D eigenvalue weighted by molar-refractivity contribution is 7.99. The van der Waals surface area contributed by atoms with E-state index in [2.05, 4.69) is 10.6 Å². The molecule has 0 atom stereocenters. The van der Waals surface area contributed by atoms with Crippen LogP contribution in [0.15, 0.2) is 9.95 Å². The Kier molecular flexibility index (Phi) is 6.24. The van der Waals surface area contributed by atoms with Crippen LogP contribution in [-0.4, -0.2) is 33.3 Å². The molecule has 2 aromatic rings. The van der Waals surface area contributed by atoms with E-state index < -0.39 is 6.03 Å². The van der Waals surface area contributed by atoms with Gasteiger partial charge >= 0.3 is 6.03 Å². The van der Waals surface area contributed by atoms with Crippen molar-refractivity contribution in [2.75, 3.05) is 5.75 Å². The molecule has 2 N–H and O–H groups in total. The quantitative estimate of drug-likeness (QED) is 0.538. The van der Waals surface area contributed by atoms with E-state index in [1.807, 2.05) is 6.92 Å². The van der Waals surface area contributed by atoms with Crippen LogP contribution < -0.4 is 16.2 Å². The fourth-order valence-corrected chi connectivity index (χ4v) is 6.30. The normalized spacial score (nSPS) is 16.3. The number of nitrogens with one attached hydrogen (secondary N) is 2. The Bertz CT molecular complexity index is 992. The summed E-state index contributed by atoms with van der Waals surface area (Å²) in [6, 6.07) is -0.276. The standard InChI is InChI=1S/C20H26N4O3S2/c1-2-10-24-18(26)16-13-8-5-9-14(13)29-17(16)23-20(24)28-11-15(25)22-19(27)21-12-6-3-4-7-12/h12H,2-11H2,1H3,(H2,21,22,25,27). The average Bonchev–Trinajstić information content (AvgIpc) is 3.40. The van der Waals surface area contributed by atoms with E-state index in [9.17, 15) is 14.4 Å². The van der Waals surface area contributed by atoms with Gasteiger partial charge < -0.3 is 5.32 Å². The summed E-state index contributed by atoms with van der Waals surface area (Å²) in [5, 5.41) is 6.55. The Morgan fingerprint density at radius 3 is 2.79 bits per heavy atom. The van der Waals surface area contributed by atoms with Crippen LogP contribution in [0.25, 0.3) is 10.2 Å². The molecule has 0 saturated heterocycles. The van der Waals surface area contributed by atoms with E-state index in [1.165, 1.54) is 22.2 Å². The van der Waals surface area contributed by atoms with Gasteiger partial charge in [-0.3, -0.25) is 19.5 Å². The molecule has 2 aliphatic carbocycles. The first-order valence-electron chi connectivity index (χ1n) is 10.3. The number of amides is 3. The van der Waals surface area contributed by atoms with Crippen molar-refractivity contribution in [3.05, 3.63) is 20.8 Å². The Labute approximate surface area is 177 Å². The number of aryl methyl sites for hydroxylation is 2. The molecule has 4 rings (SSSR count). The van der Waals surface area contributed by atoms with Crippen LogP contribution in [0.2, 0.25) is 0 Å². The Morgan fingerprint density at radius 2 is 2.03 bits per heavy atom. The van der Waals surface area contributed by atoms with Crippen molar-refractivity contribution in [1.82, 2.24) is 20.2 Å². The predicted molar refractivity (Wildman–Crippen MR) is 116 cm³/mol. The second-order valence-electron chi connectivity index (χ2n) is 7.68. The monoisotopic (exact) mass is 434 g/mol.